The Labute approximate surface area is 174 Å². The highest BCUT2D eigenvalue weighted by molar-refractivity contribution is 8.56. The molecule has 6 nitrogen and oxygen atoms in total. The van der Waals surface area contributed by atoms with E-state index in [9.17, 15) is 9.36 Å². The minimum absolute atomic E-state index is 0.00821. The lowest BCUT2D eigenvalue weighted by atomic mass is 9.89. The Balaban J connectivity index is 1.83. The molecule has 8 heteroatoms. The number of morpholine rings is 1. The Hall–Kier alpha value is -0.0700. The first-order valence-electron chi connectivity index (χ1n) is 10.6. The lowest BCUT2D eigenvalue weighted by molar-refractivity contribution is -0.152. The molecular formula is C20H38NO5PS. The second-order valence-corrected chi connectivity index (χ2v) is 13.6. The van der Waals surface area contributed by atoms with Crippen molar-refractivity contribution < 1.29 is 23.4 Å². The molecule has 0 amide bonds. The van der Waals surface area contributed by atoms with Crippen LogP contribution in [0.4, 0.5) is 0 Å². The molecule has 0 bridgehead atoms. The van der Waals surface area contributed by atoms with Crippen molar-refractivity contribution in [1.29, 1.82) is 0 Å². The number of hydrogen-bond donors (Lipinski definition) is 0. The van der Waals surface area contributed by atoms with Crippen LogP contribution in [0.1, 0.15) is 60.3 Å². The van der Waals surface area contributed by atoms with E-state index >= 15 is 0 Å². The molecule has 1 saturated heterocycles. The largest absolute Gasteiger partial charge is 0.454 e. The van der Waals surface area contributed by atoms with Crippen molar-refractivity contribution in [2.24, 2.45) is 11.3 Å². The molecule has 1 aliphatic carbocycles. The van der Waals surface area contributed by atoms with Gasteiger partial charge in [0.2, 0.25) is 0 Å². The van der Waals surface area contributed by atoms with E-state index in [-0.39, 0.29) is 29.6 Å². The molecule has 1 heterocycles. The predicted octanol–water partition coefficient (Wildman–Crippen LogP) is 4.78. The molecule has 0 aromatic carbocycles. The van der Waals surface area contributed by atoms with E-state index in [2.05, 4.69) is 25.7 Å². The Bertz CT molecular complexity index is 547. The molecule has 0 spiro atoms. The van der Waals surface area contributed by atoms with Crippen LogP contribution in [0.25, 0.3) is 0 Å². The molecule has 0 aromatic heterocycles. The van der Waals surface area contributed by atoms with Gasteiger partial charge in [-0.1, -0.05) is 20.8 Å². The number of rotatable bonds is 12. The molecule has 0 N–H and O–H groups in total. The zero-order valence-corrected chi connectivity index (χ0v) is 19.9. The summed E-state index contributed by atoms with van der Waals surface area (Å²) in [4.78, 5) is 14.9. The molecule has 1 saturated carbocycles. The van der Waals surface area contributed by atoms with Gasteiger partial charge in [-0.05, 0) is 63.4 Å². The molecule has 1 aliphatic heterocycles. The van der Waals surface area contributed by atoms with Crippen LogP contribution in [-0.2, 0) is 23.4 Å². The molecule has 2 atom stereocenters. The Morgan fingerprint density at radius 1 is 1.29 bits per heavy atom. The van der Waals surface area contributed by atoms with Crippen LogP contribution in [0.5, 0.6) is 0 Å². The van der Waals surface area contributed by atoms with E-state index in [0.29, 0.717) is 0 Å². The first kappa shape index (κ1) is 24.2. The quantitative estimate of drug-likeness (QED) is 0.248. The van der Waals surface area contributed by atoms with Crippen molar-refractivity contribution in [2.45, 2.75) is 72.1 Å². The summed E-state index contributed by atoms with van der Waals surface area (Å²) < 4.78 is 30.4. The fourth-order valence-electron chi connectivity index (χ4n) is 3.36. The maximum atomic E-state index is 13.5. The monoisotopic (exact) mass is 435 g/mol. The van der Waals surface area contributed by atoms with Crippen molar-refractivity contribution in [3.63, 3.8) is 0 Å². The van der Waals surface area contributed by atoms with Gasteiger partial charge < -0.3 is 14.0 Å². The van der Waals surface area contributed by atoms with Gasteiger partial charge in [0.05, 0.1) is 24.7 Å². The van der Waals surface area contributed by atoms with Gasteiger partial charge in [0.25, 0.3) is 6.57 Å². The molecule has 2 aliphatic rings. The van der Waals surface area contributed by atoms with Crippen LogP contribution in [0.2, 0.25) is 0 Å². The predicted molar refractivity (Wildman–Crippen MR) is 115 cm³/mol. The second kappa shape index (κ2) is 10.8. The minimum atomic E-state index is -2.91. The number of carbonyl (C=O) groups is 1. The highest BCUT2D eigenvalue weighted by Crippen LogP contribution is 2.68. The summed E-state index contributed by atoms with van der Waals surface area (Å²) in [6.45, 7) is 11.3. The molecule has 28 heavy (non-hydrogen) atoms. The van der Waals surface area contributed by atoms with Crippen LogP contribution in [-0.4, -0.2) is 61.4 Å². The number of nitrogens with zero attached hydrogens (tertiary/aromatic N) is 1. The summed E-state index contributed by atoms with van der Waals surface area (Å²) in [7, 11) is 0. The smallest absolute Gasteiger partial charge is 0.312 e. The van der Waals surface area contributed by atoms with Crippen molar-refractivity contribution in [2.75, 3.05) is 38.8 Å². The lowest BCUT2D eigenvalue weighted by Gasteiger charge is -2.31. The summed E-state index contributed by atoms with van der Waals surface area (Å²) in [5, 5.41) is 0. The summed E-state index contributed by atoms with van der Waals surface area (Å²) in [5.74, 6) is 0.124. The maximum absolute atomic E-state index is 13.5. The minimum Gasteiger partial charge on any atom is -0.454 e. The van der Waals surface area contributed by atoms with Crippen LogP contribution in [0.15, 0.2) is 0 Å². The topological polar surface area (TPSA) is 65.1 Å². The first-order chi connectivity index (χ1) is 13.2. The number of hydrogen-bond acceptors (Lipinski definition) is 7. The molecule has 0 aromatic rings. The van der Waals surface area contributed by atoms with E-state index < -0.39 is 12.0 Å². The Kier molecular flexibility index (Phi) is 9.34. The van der Waals surface area contributed by atoms with E-state index in [1.165, 1.54) is 11.4 Å². The second-order valence-electron chi connectivity index (χ2n) is 8.83. The number of esters is 1. The molecule has 2 unspecified atom stereocenters. The molecule has 0 radical (unpaired) electrons. The highest BCUT2D eigenvalue weighted by atomic mass is 32.7. The average molecular weight is 436 g/mol. The van der Waals surface area contributed by atoms with Gasteiger partial charge in [-0.2, -0.15) is 0 Å². The van der Waals surface area contributed by atoms with Gasteiger partial charge >= 0.3 is 5.97 Å². The van der Waals surface area contributed by atoms with Gasteiger partial charge in [0.15, 0.2) is 0 Å². The molecule has 164 valence electrons. The zero-order chi connectivity index (χ0) is 20.8. The van der Waals surface area contributed by atoms with Gasteiger partial charge in [-0.25, -0.2) is 0 Å². The molecular weight excluding hydrogens is 397 g/mol. The fraction of sp³-hybridized carbons (Fsp3) is 0.950. The summed E-state index contributed by atoms with van der Waals surface area (Å²) in [6, 6.07) is 0. The van der Waals surface area contributed by atoms with Crippen molar-refractivity contribution in [3.05, 3.63) is 0 Å². The normalized spacial score (nSPS) is 22.1. The van der Waals surface area contributed by atoms with Gasteiger partial charge in [-0.3, -0.25) is 14.3 Å². The summed E-state index contributed by atoms with van der Waals surface area (Å²) in [6.07, 6.45) is 3.61. The van der Waals surface area contributed by atoms with E-state index in [0.717, 1.165) is 58.5 Å². The van der Waals surface area contributed by atoms with Gasteiger partial charge in [0.1, 0.15) is 5.94 Å². The zero-order valence-electron chi connectivity index (χ0n) is 18.1. The standard InChI is InChI=1S/C20H38NO5PS/c1-6-18(16(2)3)27(23,26-17-7-8-17)28-15-25-19(22)20(4,5)9-10-21-11-13-24-14-12-21/h16-18H,6-15H2,1-5H3. The number of ether oxygens (including phenoxy) is 2. The van der Waals surface area contributed by atoms with Crippen molar-refractivity contribution >= 4 is 23.9 Å². The summed E-state index contributed by atoms with van der Waals surface area (Å²) >= 11 is 1.21. The lowest BCUT2D eigenvalue weighted by Crippen LogP contribution is -2.39. The van der Waals surface area contributed by atoms with Crippen LogP contribution >= 0.6 is 18.0 Å². The SMILES string of the molecule is CCC(C(C)C)P(=O)(OC1CC1)SCOC(=O)C(C)(C)CCN1CCOCC1. The third-order valence-electron chi connectivity index (χ3n) is 5.55. The first-order valence-corrected chi connectivity index (χ1v) is 13.9. The fourth-order valence-corrected chi connectivity index (χ4v) is 8.78. The van der Waals surface area contributed by atoms with Crippen LogP contribution < -0.4 is 0 Å². The molecule has 2 fully saturated rings. The van der Waals surface area contributed by atoms with Gasteiger partial charge in [0, 0.05) is 18.7 Å². The highest BCUT2D eigenvalue weighted by Gasteiger charge is 2.41. The van der Waals surface area contributed by atoms with E-state index in [1.54, 1.807) is 0 Å². The number of carbonyl (C=O) groups excluding carboxylic acids is 1. The van der Waals surface area contributed by atoms with Gasteiger partial charge in [-0.15, -0.1) is 0 Å². The molecule has 2 rings (SSSR count). The van der Waals surface area contributed by atoms with E-state index in [1.807, 2.05) is 13.8 Å². The Morgan fingerprint density at radius 3 is 2.46 bits per heavy atom. The van der Waals surface area contributed by atoms with Crippen LogP contribution in [0, 0.1) is 11.3 Å². The van der Waals surface area contributed by atoms with E-state index in [4.69, 9.17) is 14.0 Å². The average Bonchev–Trinajstić information content (AvgIpc) is 3.44. The maximum Gasteiger partial charge on any atom is 0.312 e. The third kappa shape index (κ3) is 7.32. The van der Waals surface area contributed by atoms with Crippen LogP contribution in [0.3, 0.4) is 0 Å². The summed E-state index contributed by atoms with van der Waals surface area (Å²) in [5.41, 5.74) is -0.575. The van der Waals surface area contributed by atoms with Crippen molar-refractivity contribution in [3.8, 4) is 0 Å². The third-order valence-corrected chi connectivity index (χ3v) is 11.0. The van der Waals surface area contributed by atoms with Crippen molar-refractivity contribution in [1.82, 2.24) is 4.90 Å². The Morgan fingerprint density at radius 2 is 1.93 bits per heavy atom.